The standard InChI is InChI=1S/C17H19N3O/c1-13(14-9-11-16(12-10-14)20(2)3)18-19-17(21)15-7-5-4-6-8-15/h4-12H,1-3H3,(H,19,21)/b18-13-. The molecule has 2 aromatic rings. The summed E-state index contributed by atoms with van der Waals surface area (Å²) < 4.78 is 0. The predicted octanol–water partition coefficient (Wildman–Crippen LogP) is 2.91. The fourth-order valence-electron chi connectivity index (χ4n) is 1.85. The molecule has 108 valence electrons. The maximum atomic E-state index is 11.9. The van der Waals surface area contributed by atoms with Gasteiger partial charge in [0.05, 0.1) is 5.71 Å². The van der Waals surface area contributed by atoms with E-state index in [2.05, 4.69) is 10.5 Å². The summed E-state index contributed by atoms with van der Waals surface area (Å²) in [6.45, 7) is 1.87. The topological polar surface area (TPSA) is 44.7 Å². The number of benzene rings is 2. The summed E-state index contributed by atoms with van der Waals surface area (Å²) in [5, 5.41) is 4.15. The summed E-state index contributed by atoms with van der Waals surface area (Å²) in [7, 11) is 3.99. The number of nitrogens with zero attached hydrogens (tertiary/aromatic N) is 2. The maximum absolute atomic E-state index is 11.9. The lowest BCUT2D eigenvalue weighted by Crippen LogP contribution is -2.19. The van der Waals surface area contributed by atoms with Gasteiger partial charge >= 0.3 is 0 Å². The highest BCUT2D eigenvalue weighted by Crippen LogP contribution is 2.12. The molecule has 4 heteroatoms. The van der Waals surface area contributed by atoms with E-state index in [-0.39, 0.29) is 5.91 Å². The number of hydrogen-bond acceptors (Lipinski definition) is 3. The predicted molar refractivity (Wildman–Crippen MR) is 86.9 cm³/mol. The molecule has 0 radical (unpaired) electrons. The average Bonchev–Trinajstić information content (AvgIpc) is 2.53. The number of nitrogens with one attached hydrogen (secondary N) is 1. The van der Waals surface area contributed by atoms with Gasteiger partial charge in [-0.15, -0.1) is 0 Å². The van der Waals surface area contributed by atoms with Gasteiger partial charge in [-0.1, -0.05) is 30.3 Å². The smallest absolute Gasteiger partial charge is 0.271 e. The molecule has 0 saturated heterocycles. The lowest BCUT2D eigenvalue weighted by atomic mass is 10.1. The first-order chi connectivity index (χ1) is 10.1. The molecule has 1 N–H and O–H groups in total. The van der Waals surface area contributed by atoms with Crippen LogP contribution in [0, 0.1) is 0 Å². The van der Waals surface area contributed by atoms with Crippen LogP contribution >= 0.6 is 0 Å². The first-order valence-corrected chi connectivity index (χ1v) is 6.75. The minimum Gasteiger partial charge on any atom is -0.378 e. The lowest BCUT2D eigenvalue weighted by Gasteiger charge is -2.12. The molecule has 0 fully saturated rings. The second-order valence-electron chi connectivity index (χ2n) is 4.95. The molecule has 0 aliphatic carbocycles. The molecule has 0 aromatic heterocycles. The van der Waals surface area contributed by atoms with E-state index >= 15 is 0 Å². The van der Waals surface area contributed by atoms with Crippen molar-refractivity contribution in [2.75, 3.05) is 19.0 Å². The van der Waals surface area contributed by atoms with Gasteiger partial charge in [-0.2, -0.15) is 5.10 Å². The molecule has 0 aliphatic rings. The number of carbonyl (C=O) groups is 1. The van der Waals surface area contributed by atoms with Crippen LogP contribution in [0.3, 0.4) is 0 Å². The van der Waals surface area contributed by atoms with Crippen molar-refractivity contribution in [3.8, 4) is 0 Å². The van der Waals surface area contributed by atoms with Crippen LogP contribution in [-0.2, 0) is 0 Å². The van der Waals surface area contributed by atoms with E-state index in [9.17, 15) is 4.79 Å². The van der Waals surface area contributed by atoms with E-state index in [1.54, 1.807) is 12.1 Å². The molecule has 4 nitrogen and oxygen atoms in total. The number of hydrazone groups is 1. The third-order valence-electron chi connectivity index (χ3n) is 3.16. The molecule has 0 saturated carbocycles. The van der Waals surface area contributed by atoms with Gasteiger partial charge in [0.1, 0.15) is 0 Å². The fourth-order valence-corrected chi connectivity index (χ4v) is 1.85. The van der Waals surface area contributed by atoms with E-state index < -0.39 is 0 Å². The molecule has 0 aliphatic heterocycles. The Morgan fingerprint density at radius 2 is 1.57 bits per heavy atom. The van der Waals surface area contributed by atoms with Crippen LogP contribution in [-0.4, -0.2) is 25.7 Å². The van der Waals surface area contributed by atoms with Crippen molar-refractivity contribution in [3.05, 3.63) is 65.7 Å². The molecule has 1 amide bonds. The van der Waals surface area contributed by atoms with Crippen molar-refractivity contribution in [1.29, 1.82) is 0 Å². The van der Waals surface area contributed by atoms with Crippen LogP contribution in [0.25, 0.3) is 0 Å². The quantitative estimate of drug-likeness (QED) is 0.692. The number of amides is 1. The molecule has 0 spiro atoms. The number of anilines is 1. The van der Waals surface area contributed by atoms with E-state index in [1.165, 1.54) is 0 Å². The van der Waals surface area contributed by atoms with Gasteiger partial charge in [-0.05, 0) is 36.8 Å². The zero-order valence-electron chi connectivity index (χ0n) is 12.5. The number of hydrogen-bond donors (Lipinski definition) is 1. The van der Waals surface area contributed by atoms with Gasteiger partial charge in [-0.25, -0.2) is 5.43 Å². The van der Waals surface area contributed by atoms with Gasteiger partial charge in [0.2, 0.25) is 0 Å². The minimum atomic E-state index is -0.208. The van der Waals surface area contributed by atoms with E-state index in [0.29, 0.717) is 5.56 Å². The number of rotatable bonds is 4. The second-order valence-corrected chi connectivity index (χ2v) is 4.95. The SMILES string of the molecule is C/C(=N/NC(=O)c1ccccc1)c1ccc(N(C)C)cc1. The van der Waals surface area contributed by atoms with Gasteiger partial charge in [0, 0.05) is 25.3 Å². The van der Waals surface area contributed by atoms with Crippen LogP contribution in [0.15, 0.2) is 59.7 Å². The fraction of sp³-hybridized carbons (Fsp3) is 0.176. The van der Waals surface area contributed by atoms with Crippen LogP contribution in [0.1, 0.15) is 22.8 Å². The highest BCUT2D eigenvalue weighted by Gasteiger charge is 2.04. The molecular formula is C17H19N3O. The molecular weight excluding hydrogens is 262 g/mol. The third kappa shape index (κ3) is 3.92. The maximum Gasteiger partial charge on any atom is 0.271 e. The third-order valence-corrected chi connectivity index (χ3v) is 3.16. The van der Waals surface area contributed by atoms with Crippen molar-refractivity contribution in [2.45, 2.75) is 6.92 Å². The Balaban J connectivity index is 2.05. The van der Waals surface area contributed by atoms with Crippen molar-refractivity contribution in [1.82, 2.24) is 5.43 Å². The first-order valence-electron chi connectivity index (χ1n) is 6.75. The normalized spacial score (nSPS) is 11.1. The molecule has 0 atom stereocenters. The summed E-state index contributed by atoms with van der Waals surface area (Å²) in [4.78, 5) is 13.9. The van der Waals surface area contributed by atoms with Crippen LogP contribution in [0.4, 0.5) is 5.69 Å². The largest absolute Gasteiger partial charge is 0.378 e. The van der Waals surface area contributed by atoms with Gasteiger partial charge < -0.3 is 4.90 Å². The monoisotopic (exact) mass is 281 g/mol. The summed E-state index contributed by atoms with van der Waals surface area (Å²) >= 11 is 0. The Morgan fingerprint density at radius 1 is 0.952 bits per heavy atom. The molecule has 21 heavy (non-hydrogen) atoms. The first kappa shape index (κ1) is 14.8. The molecule has 0 bridgehead atoms. The summed E-state index contributed by atoms with van der Waals surface area (Å²) in [5.74, 6) is -0.208. The Kier molecular flexibility index (Phi) is 4.72. The van der Waals surface area contributed by atoms with Crippen LogP contribution in [0.2, 0.25) is 0 Å². The van der Waals surface area contributed by atoms with Gasteiger partial charge in [0.25, 0.3) is 5.91 Å². The van der Waals surface area contributed by atoms with Crippen molar-refractivity contribution >= 4 is 17.3 Å². The highest BCUT2D eigenvalue weighted by atomic mass is 16.2. The zero-order valence-corrected chi connectivity index (χ0v) is 12.5. The van der Waals surface area contributed by atoms with Crippen molar-refractivity contribution < 1.29 is 4.79 Å². The van der Waals surface area contributed by atoms with Gasteiger partial charge in [-0.3, -0.25) is 4.79 Å². The Bertz CT molecular complexity index is 631. The highest BCUT2D eigenvalue weighted by molar-refractivity contribution is 6.01. The Labute approximate surface area is 125 Å². The van der Waals surface area contributed by atoms with E-state index in [0.717, 1.165) is 17.0 Å². The Morgan fingerprint density at radius 3 is 2.14 bits per heavy atom. The Hall–Kier alpha value is -2.62. The van der Waals surface area contributed by atoms with E-state index in [1.807, 2.05) is 68.4 Å². The molecule has 2 aromatic carbocycles. The van der Waals surface area contributed by atoms with Gasteiger partial charge in [0.15, 0.2) is 0 Å². The summed E-state index contributed by atoms with van der Waals surface area (Å²) in [6, 6.07) is 17.1. The zero-order chi connectivity index (χ0) is 15.2. The van der Waals surface area contributed by atoms with Crippen molar-refractivity contribution in [2.24, 2.45) is 5.10 Å². The summed E-state index contributed by atoms with van der Waals surface area (Å²) in [5.41, 5.74) is 6.04. The molecule has 2 rings (SSSR count). The van der Waals surface area contributed by atoms with Crippen LogP contribution in [0.5, 0.6) is 0 Å². The average molecular weight is 281 g/mol. The van der Waals surface area contributed by atoms with Crippen molar-refractivity contribution in [3.63, 3.8) is 0 Å². The van der Waals surface area contributed by atoms with E-state index in [4.69, 9.17) is 0 Å². The van der Waals surface area contributed by atoms with Crippen LogP contribution < -0.4 is 10.3 Å². The minimum absolute atomic E-state index is 0.208. The molecule has 0 heterocycles. The number of carbonyl (C=O) groups excluding carboxylic acids is 1. The second kappa shape index (κ2) is 6.70. The molecule has 0 unspecified atom stereocenters. The lowest BCUT2D eigenvalue weighted by molar-refractivity contribution is 0.0955. The summed E-state index contributed by atoms with van der Waals surface area (Å²) in [6.07, 6.45) is 0.